The molecule has 4 fully saturated rings. The van der Waals surface area contributed by atoms with Crippen LogP contribution < -0.4 is 5.73 Å². The average Bonchev–Trinajstić information content (AvgIpc) is 2.85. The Bertz CT molecular complexity index is 313. The van der Waals surface area contributed by atoms with E-state index in [1.54, 1.807) is 0 Å². The Hall–Kier alpha value is -0.610. The van der Waals surface area contributed by atoms with Crippen LogP contribution in [0.3, 0.4) is 0 Å². The number of fused-ring (bicyclic) bond motifs is 2. The summed E-state index contributed by atoms with van der Waals surface area (Å²) < 4.78 is 4.80. The monoisotopic (exact) mass is 238 g/mol. The zero-order chi connectivity index (χ0) is 12.0. The van der Waals surface area contributed by atoms with Crippen LogP contribution in [0.15, 0.2) is 0 Å². The third kappa shape index (κ3) is 1.69. The summed E-state index contributed by atoms with van der Waals surface area (Å²) in [6.07, 6.45) is 5.04. The van der Waals surface area contributed by atoms with E-state index in [-0.39, 0.29) is 5.97 Å². The van der Waals surface area contributed by atoms with E-state index >= 15 is 0 Å². The molecule has 1 aliphatic carbocycles. The van der Waals surface area contributed by atoms with Gasteiger partial charge in [-0.1, -0.05) is 0 Å². The number of hydrogen-bond donors (Lipinski definition) is 1. The Kier molecular flexibility index (Phi) is 2.87. The normalized spacial score (nSPS) is 45.4. The fourth-order valence-corrected chi connectivity index (χ4v) is 4.45. The first kappa shape index (κ1) is 11.5. The number of nitrogens with two attached hydrogens (primary N) is 1. The summed E-state index contributed by atoms with van der Waals surface area (Å²) in [4.78, 5) is 14.2. The fourth-order valence-electron chi connectivity index (χ4n) is 4.45. The van der Waals surface area contributed by atoms with Gasteiger partial charge in [-0.05, 0) is 50.6 Å². The largest absolute Gasteiger partial charge is 0.468 e. The number of carbonyl (C=O) groups excluding carboxylic acids is 1. The van der Waals surface area contributed by atoms with Crippen molar-refractivity contribution in [3.8, 4) is 0 Å². The molecule has 0 aromatic heterocycles. The van der Waals surface area contributed by atoms with Gasteiger partial charge in [0.2, 0.25) is 0 Å². The van der Waals surface area contributed by atoms with Crippen LogP contribution in [0, 0.1) is 17.8 Å². The van der Waals surface area contributed by atoms with Crippen molar-refractivity contribution >= 4 is 5.97 Å². The van der Waals surface area contributed by atoms with Crippen molar-refractivity contribution in [1.29, 1.82) is 0 Å². The molecule has 0 aromatic carbocycles. The summed E-state index contributed by atoms with van der Waals surface area (Å²) in [5.74, 6) is 1.76. The number of nitrogens with zero attached hydrogens (tertiary/aromatic N) is 1. The van der Waals surface area contributed by atoms with Gasteiger partial charge in [0, 0.05) is 12.0 Å². The van der Waals surface area contributed by atoms with Crippen LogP contribution in [0.2, 0.25) is 0 Å². The third-order valence-electron chi connectivity index (χ3n) is 5.25. The Morgan fingerprint density at radius 2 is 2.00 bits per heavy atom. The molecule has 4 heteroatoms. The van der Waals surface area contributed by atoms with E-state index in [4.69, 9.17) is 10.5 Å². The molecule has 4 aliphatic rings. The molecule has 4 nitrogen and oxygen atoms in total. The number of carbonyl (C=O) groups is 1. The lowest BCUT2D eigenvalue weighted by Gasteiger charge is -2.50. The lowest BCUT2D eigenvalue weighted by molar-refractivity contribution is -0.144. The smallest absolute Gasteiger partial charge is 0.322 e. The van der Waals surface area contributed by atoms with Gasteiger partial charge in [0.1, 0.15) is 6.04 Å². The molecule has 2 N–H and O–H groups in total. The minimum absolute atomic E-state index is 0.238. The fraction of sp³-hybridized carbons (Fsp3) is 0.923. The quantitative estimate of drug-likeness (QED) is 0.716. The van der Waals surface area contributed by atoms with Crippen LogP contribution in [-0.4, -0.2) is 43.2 Å². The molecule has 4 unspecified atom stereocenters. The van der Waals surface area contributed by atoms with Crippen molar-refractivity contribution in [2.24, 2.45) is 23.5 Å². The molecule has 0 radical (unpaired) electrons. The van der Waals surface area contributed by atoms with Gasteiger partial charge in [0.25, 0.3) is 0 Å². The van der Waals surface area contributed by atoms with E-state index in [0.717, 1.165) is 18.3 Å². The molecule has 3 aliphatic heterocycles. The standard InChI is InChI=1S/C13H22N2O2/c1-17-13(16)11(14)10-3-2-9-8-4-6-15(7-5-8)12(9)10/h8-12H,2-7,14H2,1H3. The summed E-state index contributed by atoms with van der Waals surface area (Å²) in [6, 6.07) is 0.131. The van der Waals surface area contributed by atoms with Gasteiger partial charge in [-0.2, -0.15) is 0 Å². The van der Waals surface area contributed by atoms with Crippen LogP contribution in [0.5, 0.6) is 0 Å². The van der Waals surface area contributed by atoms with Crippen molar-refractivity contribution in [1.82, 2.24) is 4.90 Å². The third-order valence-corrected chi connectivity index (χ3v) is 5.25. The zero-order valence-electron chi connectivity index (χ0n) is 10.5. The zero-order valence-corrected chi connectivity index (χ0v) is 10.5. The molecule has 4 rings (SSSR count). The summed E-state index contributed by atoms with van der Waals surface area (Å²) >= 11 is 0. The molecule has 96 valence electrons. The summed E-state index contributed by atoms with van der Waals surface area (Å²) in [5.41, 5.74) is 6.07. The van der Waals surface area contributed by atoms with Crippen LogP contribution in [0.4, 0.5) is 0 Å². The minimum Gasteiger partial charge on any atom is -0.468 e. The molecule has 0 spiro atoms. The molecule has 1 saturated carbocycles. The number of ether oxygens (including phenoxy) is 1. The summed E-state index contributed by atoms with van der Waals surface area (Å²) in [6.45, 7) is 2.41. The van der Waals surface area contributed by atoms with Gasteiger partial charge in [-0.25, -0.2) is 0 Å². The van der Waals surface area contributed by atoms with Crippen molar-refractivity contribution < 1.29 is 9.53 Å². The Labute approximate surface area is 102 Å². The Balaban J connectivity index is 1.78. The number of esters is 1. The average molecular weight is 238 g/mol. The first-order valence-corrected chi connectivity index (χ1v) is 6.80. The highest BCUT2D eigenvalue weighted by Gasteiger charge is 2.51. The van der Waals surface area contributed by atoms with Crippen molar-refractivity contribution in [2.75, 3.05) is 20.2 Å². The van der Waals surface area contributed by atoms with Crippen molar-refractivity contribution in [3.63, 3.8) is 0 Å². The van der Waals surface area contributed by atoms with Gasteiger partial charge >= 0.3 is 5.97 Å². The highest BCUT2D eigenvalue weighted by molar-refractivity contribution is 5.75. The minimum atomic E-state index is -0.422. The van der Waals surface area contributed by atoms with Crippen molar-refractivity contribution in [2.45, 2.75) is 37.8 Å². The topological polar surface area (TPSA) is 55.6 Å². The van der Waals surface area contributed by atoms with E-state index in [1.807, 2.05) is 0 Å². The molecular formula is C13H22N2O2. The second kappa shape index (κ2) is 4.25. The lowest BCUT2D eigenvalue weighted by Crippen LogP contribution is -2.58. The predicted octanol–water partition coefficient (Wildman–Crippen LogP) is 0.607. The van der Waals surface area contributed by atoms with E-state index in [1.165, 1.54) is 39.5 Å². The first-order valence-electron chi connectivity index (χ1n) is 6.80. The number of hydrogen-bond acceptors (Lipinski definition) is 4. The van der Waals surface area contributed by atoms with Crippen LogP contribution in [-0.2, 0) is 9.53 Å². The van der Waals surface area contributed by atoms with E-state index in [2.05, 4.69) is 4.90 Å². The predicted molar refractivity (Wildman–Crippen MR) is 64.3 cm³/mol. The summed E-state index contributed by atoms with van der Waals surface area (Å²) in [5, 5.41) is 0. The Morgan fingerprint density at radius 1 is 1.29 bits per heavy atom. The first-order chi connectivity index (χ1) is 8.22. The molecule has 4 atom stereocenters. The van der Waals surface area contributed by atoms with Crippen LogP contribution in [0.25, 0.3) is 0 Å². The van der Waals surface area contributed by atoms with Gasteiger partial charge in [0.05, 0.1) is 7.11 Å². The van der Waals surface area contributed by atoms with Gasteiger partial charge in [-0.3, -0.25) is 9.69 Å². The molecule has 17 heavy (non-hydrogen) atoms. The maximum Gasteiger partial charge on any atom is 0.322 e. The molecular weight excluding hydrogens is 216 g/mol. The number of rotatable bonds is 2. The summed E-state index contributed by atoms with van der Waals surface area (Å²) in [7, 11) is 1.43. The lowest BCUT2D eigenvalue weighted by atomic mass is 9.73. The van der Waals surface area contributed by atoms with E-state index in [9.17, 15) is 4.79 Å². The second-order valence-electron chi connectivity index (χ2n) is 5.82. The van der Waals surface area contributed by atoms with Gasteiger partial charge in [-0.15, -0.1) is 0 Å². The molecule has 3 saturated heterocycles. The van der Waals surface area contributed by atoms with Crippen molar-refractivity contribution in [3.05, 3.63) is 0 Å². The molecule has 3 heterocycles. The van der Waals surface area contributed by atoms with E-state index in [0.29, 0.717) is 12.0 Å². The SMILES string of the molecule is COC(=O)C(N)C1CCC2C3CCN(CC3)C21. The van der Waals surface area contributed by atoms with Gasteiger partial charge < -0.3 is 10.5 Å². The van der Waals surface area contributed by atoms with Crippen LogP contribution in [0.1, 0.15) is 25.7 Å². The van der Waals surface area contributed by atoms with Crippen LogP contribution >= 0.6 is 0 Å². The molecule has 0 aromatic rings. The second-order valence-corrected chi connectivity index (χ2v) is 5.82. The number of piperidine rings is 3. The maximum atomic E-state index is 11.6. The molecule has 0 amide bonds. The van der Waals surface area contributed by atoms with E-state index < -0.39 is 6.04 Å². The molecule has 2 bridgehead atoms. The highest BCUT2D eigenvalue weighted by atomic mass is 16.5. The Morgan fingerprint density at radius 3 is 2.65 bits per heavy atom. The number of methoxy groups -OCH3 is 1. The maximum absolute atomic E-state index is 11.6. The van der Waals surface area contributed by atoms with Gasteiger partial charge in [0.15, 0.2) is 0 Å². The highest BCUT2D eigenvalue weighted by Crippen LogP contribution is 2.48.